The fourth-order valence-corrected chi connectivity index (χ4v) is 5.29. The molecule has 158 valence electrons. The Morgan fingerprint density at radius 1 is 0.966 bits per heavy atom. The number of hydrogen-bond acceptors (Lipinski definition) is 3. The van der Waals surface area contributed by atoms with Gasteiger partial charge in [-0.05, 0) is 126 Å². The van der Waals surface area contributed by atoms with Crippen LogP contribution in [0.1, 0.15) is 81.5 Å². The number of aryl methyl sites for hydroxylation is 3. The zero-order chi connectivity index (χ0) is 20.2. The third-order valence-corrected chi connectivity index (χ3v) is 6.80. The van der Waals surface area contributed by atoms with E-state index in [1.165, 1.54) is 105 Å². The molecule has 1 fully saturated rings. The Hall–Kier alpha value is -1.61. The molecule has 0 atom stereocenters. The number of nitrogens with zero attached hydrogens (tertiary/aromatic N) is 2. The minimum atomic E-state index is 0.425. The van der Waals surface area contributed by atoms with Crippen LogP contribution in [0.4, 0.5) is 5.82 Å². The van der Waals surface area contributed by atoms with Crippen molar-refractivity contribution in [1.82, 2.24) is 9.88 Å². The van der Waals surface area contributed by atoms with Gasteiger partial charge < -0.3 is 10.2 Å². The molecular weight excluding hydrogens is 354 g/mol. The first-order chi connectivity index (χ1) is 14.2. The van der Waals surface area contributed by atoms with Crippen LogP contribution in [0.2, 0.25) is 0 Å². The highest BCUT2D eigenvalue weighted by Gasteiger charge is 2.21. The Bertz CT molecular complexity index is 834. The topological polar surface area (TPSA) is 28.2 Å². The Morgan fingerprint density at radius 3 is 2.52 bits per heavy atom. The molecule has 1 aliphatic carbocycles. The molecule has 1 saturated heterocycles. The van der Waals surface area contributed by atoms with Gasteiger partial charge in [-0.1, -0.05) is 13.3 Å². The lowest BCUT2D eigenvalue weighted by atomic mass is 9.94. The Labute approximate surface area is 177 Å². The summed E-state index contributed by atoms with van der Waals surface area (Å²) in [5, 5.41) is 5.03. The van der Waals surface area contributed by atoms with Gasteiger partial charge in [0.1, 0.15) is 5.82 Å². The molecule has 0 unspecified atom stereocenters. The number of aromatic nitrogens is 1. The van der Waals surface area contributed by atoms with Crippen molar-refractivity contribution in [1.29, 1.82) is 0 Å². The van der Waals surface area contributed by atoms with Crippen LogP contribution < -0.4 is 5.32 Å². The average Bonchev–Trinajstić information content (AvgIpc) is 3.22. The van der Waals surface area contributed by atoms with Crippen molar-refractivity contribution < 1.29 is 0 Å². The Morgan fingerprint density at radius 2 is 1.76 bits per heavy atom. The minimum Gasteiger partial charge on any atom is -0.368 e. The van der Waals surface area contributed by atoms with Crippen molar-refractivity contribution in [2.45, 2.75) is 91.0 Å². The third kappa shape index (κ3) is 4.77. The predicted molar refractivity (Wildman–Crippen MR) is 125 cm³/mol. The molecule has 29 heavy (non-hydrogen) atoms. The lowest BCUT2D eigenvalue weighted by Crippen LogP contribution is -2.30. The molecule has 1 N–H and O–H groups in total. The highest BCUT2D eigenvalue weighted by Crippen LogP contribution is 2.35. The summed E-state index contributed by atoms with van der Waals surface area (Å²) in [6.07, 6.45) is 12.8. The summed E-state index contributed by atoms with van der Waals surface area (Å²) in [7, 11) is 0. The van der Waals surface area contributed by atoms with Crippen molar-refractivity contribution in [3.05, 3.63) is 34.4 Å². The number of piperidine rings is 1. The van der Waals surface area contributed by atoms with Gasteiger partial charge in [0.25, 0.3) is 0 Å². The van der Waals surface area contributed by atoms with Gasteiger partial charge in [-0.25, -0.2) is 4.98 Å². The van der Waals surface area contributed by atoms with Gasteiger partial charge in [-0.2, -0.15) is 0 Å². The number of pyridine rings is 1. The van der Waals surface area contributed by atoms with Crippen LogP contribution in [-0.2, 0) is 25.7 Å². The van der Waals surface area contributed by atoms with Crippen LogP contribution in [0.3, 0.4) is 0 Å². The second-order valence-electron chi connectivity index (χ2n) is 9.42. The molecule has 3 nitrogen and oxygen atoms in total. The summed E-state index contributed by atoms with van der Waals surface area (Å²) in [5.74, 6) is 1.14. The number of nitrogens with one attached hydrogen (secondary N) is 1. The molecule has 0 saturated carbocycles. The normalized spacial score (nSPS) is 17.2. The fraction of sp³-hybridized carbons (Fsp3) is 0.654. The number of unbranched alkanes of at least 4 members (excludes halogenated alkanes) is 1. The number of hydrogen-bond donors (Lipinski definition) is 1. The molecule has 1 aliphatic heterocycles. The summed E-state index contributed by atoms with van der Waals surface area (Å²) < 4.78 is 0. The smallest absolute Gasteiger partial charge is 0.130 e. The van der Waals surface area contributed by atoms with Crippen molar-refractivity contribution in [3.8, 4) is 0 Å². The molecule has 2 aromatic rings. The number of benzene rings is 1. The van der Waals surface area contributed by atoms with Crippen LogP contribution in [0, 0.1) is 0 Å². The standard InChI is InChI=1S/C26H39N3/c1-4-20-17-24-22-12-10-13-23(22)26(27-19(2)3)28-25(24)18-21(20)11-6-9-16-29-14-7-5-8-15-29/h17-19H,4-16H2,1-3H3,(H,27,28). The van der Waals surface area contributed by atoms with E-state index in [0.717, 1.165) is 12.2 Å². The molecule has 0 bridgehead atoms. The maximum atomic E-state index is 5.11. The summed E-state index contributed by atoms with van der Waals surface area (Å²) >= 11 is 0. The third-order valence-electron chi connectivity index (χ3n) is 6.80. The number of fused-ring (bicyclic) bond motifs is 3. The highest BCUT2D eigenvalue weighted by atomic mass is 15.1. The molecule has 3 heteroatoms. The van der Waals surface area contributed by atoms with Gasteiger partial charge in [0.15, 0.2) is 0 Å². The molecule has 2 heterocycles. The van der Waals surface area contributed by atoms with E-state index >= 15 is 0 Å². The minimum absolute atomic E-state index is 0.425. The molecule has 0 spiro atoms. The van der Waals surface area contributed by atoms with E-state index in [-0.39, 0.29) is 0 Å². The summed E-state index contributed by atoms with van der Waals surface area (Å²) in [6, 6.07) is 5.32. The Balaban J connectivity index is 1.53. The van der Waals surface area contributed by atoms with E-state index in [4.69, 9.17) is 4.98 Å². The maximum absolute atomic E-state index is 5.11. The Kier molecular flexibility index (Phi) is 6.74. The lowest BCUT2D eigenvalue weighted by molar-refractivity contribution is 0.225. The van der Waals surface area contributed by atoms with Crippen LogP contribution in [0.5, 0.6) is 0 Å². The van der Waals surface area contributed by atoms with Crippen LogP contribution in [0.15, 0.2) is 12.1 Å². The zero-order valence-electron chi connectivity index (χ0n) is 18.8. The van der Waals surface area contributed by atoms with Gasteiger partial charge in [-0.3, -0.25) is 0 Å². The van der Waals surface area contributed by atoms with E-state index in [9.17, 15) is 0 Å². The van der Waals surface area contributed by atoms with Crippen LogP contribution in [0.25, 0.3) is 10.9 Å². The van der Waals surface area contributed by atoms with Crippen molar-refractivity contribution in [3.63, 3.8) is 0 Å². The predicted octanol–water partition coefficient (Wildman–Crippen LogP) is 5.91. The largest absolute Gasteiger partial charge is 0.368 e. The van der Waals surface area contributed by atoms with Gasteiger partial charge >= 0.3 is 0 Å². The number of likely N-dealkylation sites (tertiary alicyclic amines) is 1. The second kappa shape index (κ2) is 9.47. The first-order valence-corrected chi connectivity index (χ1v) is 12.1. The van der Waals surface area contributed by atoms with Crippen LogP contribution >= 0.6 is 0 Å². The monoisotopic (exact) mass is 393 g/mol. The van der Waals surface area contributed by atoms with Crippen LogP contribution in [-0.4, -0.2) is 35.6 Å². The zero-order valence-corrected chi connectivity index (χ0v) is 18.8. The lowest BCUT2D eigenvalue weighted by Gasteiger charge is -2.26. The summed E-state index contributed by atoms with van der Waals surface area (Å²) in [5.41, 5.74) is 7.31. The van der Waals surface area contributed by atoms with E-state index < -0.39 is 0 Å². The quantitative estimate of drug-likeness (QED) is 0.565. The maximum Gasteiger partial charge on any atom is 0.130 e. The fourth-order valence-electron chi connectivity index (χ4n) is 5.29. The van der Waals surface area contributed by atoms with E-state index in [0.29, 0.717) is 6.04 Å². The SMILES string of the molecule is CCc1cc2c3c(c(NC(C)C)nc2cc1CCCCN1CCCCC1)CCC3. The van der Waals surface area contributed by atoms with Gasteiger partial charge in [0.05, 0.1) is 5.52 Å². The van der Waals surface area contributed by atoms with E-state index in [2.05, 4.69) is 43.1 Å². The highest BCUT2D eigenvalue weighted by molar-refractivity contribution is 5.88. The molecule has 1 aromatic heterocycles. The number of anilines is 1. The van der Waals surface area contributed by atoms with Crippen molar-refractivity contribution >= 4 is 16.7 Å². The molecule has 2 aliphatic rings. The first-order valence-electron chi connectivity index (χ1n) is 12.1. The van der Waals surface area contributed by atoms with E-state index in [1.54, 1.807) is 5.56 Å². The molecule has 0 radical (unpaired) electrons. The van der Waals surface area contributed by atoms with Gasteiger partial charge in [0, 0.05) is 11.4 Å². The number of rotatable bonds is 8. The first kappa shape index (κ1) is 20.7. The van der Waals surface area contributed by atoms with Crippen molar-refractivity contribution in [2.75, 3.05) is 25.0 Å². The van der Waals surface area contributed by atoms with Gasteiger partial charge in [0.2, 0.25) is 0 Å². The summed E-state index contributed by atoms with van der Waals surface area (Å²) in [4.78, 5) is 7.77. The molecule has 4 rings (SSSR count). The molecule has 0 amide bonds. The van der Waals surface area contributed by atoms with Gasteiger partial charge in [-0.15, -0.1) is 0 Å². The molecule has 1 aromatic carbocycles. The average molecular weight is 394 g/mol. The second-order valence-corrected chi connectivity index (χ2v) is 9.42. The molecular formula is C26H39N3. The van der Waals surface area contributed by atoms with Crippen molar-refractivity contribution in [2.24, 2.45) is 0 Å². The summed E-state index contributed by atoms with van der Waals surface area (Å²) in [6.45, 7) is 10.6. The van der Waals surface area contributed by atoms with E-state index in [1.807, 2.05) is 0 Å².